The molecule has 2 unspecified atom stereocenters. The molecule has 0 amide bonds. The molecule has 0 aliphatic carbocycles. The van der Waals surface area contributed by atoms with Gasteiger partial charge < -0.3 is 10.4 Å². The lowest BCUT2D eigenvalue weighted by molar-refractivity contribution is 0.231. The van der Waals surface area contributed by atoms with Crippen molar-refractivity contribution in [3.8, 4) is 0 Å². The molecular formula is C14H23NO. The zero-order chi connectivity index (χ0) is 12.1. The lowest BCUT2D eigenvalue weighted by atomic mass is 9.99. The minimum Gasteiger partial charge on any atom is -0.396 e. The lowest BCUT2D eigenvalue weighted by Gasteiger charge is -2.19. The van der Waals surface area contributed by atoms with Gasteiger partial charge in [0.1, 0.15) is 0 Å². The van der Waals surface area contributed by atoms with E-state index in [1.54, 1.807) is 0 Å². The van der Waals surface area contributed by atoms with E-state index in [0.717, 1.165) is 6.54 Å². The fourth-order valence-corrected chi connectivity index (χ4v) is 1.78. The topological polar surface area (TPSA) is 32.3 Å². The second-order valence-corrected chi connectivity index (χ2v) is 4.78. The standard InChI is InChI=1S/C14H23NO/c1-10-5-6-12(3)14(7-10)13(4)15-8-11(2)9-16/h5-7,11,13,15-16H,8-9H2,1-4H3. The van der Waals surface area contributed by atoms with E-state index in [0.29, 0.717) is 12.0 Å². The van der Waals surface area contributed by atoms with Gasteiger partial charge in [0.25, 0.3) is 0 Å². The highest BCUT2D eigenvalue weighted by atomic mass is 16.3. The Morgan fingerprint density at radius 1 is 1.25 bits per heavy atom. The SMILES string of the molecule is Cc1ccc(C)c(C(C)NCC(C)CO)c1. The lowest BCUT2D eigenvalue weighted by Crippen LogP contribution is -2.26. The largest absolute Gasteiger partial charge is 0.396 e. The fraction of sp³-hybridized carbons (Fsp3) is 0.571. The maximum atomic E-state index is 8.98. The van der Waals surface area contributed by atoms with E-state index in [1.807, 2.05) is 6.92 Å². The first kappa shape index (κ1) is 13.2. The molecular weight excluding hydrogens is 198 g/mol. The van der Waals surface area contributed by atoms with E-state index in [2.05, 4.69) is 44.3 Å². The molecule has 0 heterocycles. The summed E-state index contributed by atoms with van der Waals surface area (Å²) < 4.78 is 0. The van der Waals surface area contributed by atoms with Crippen LogP contribution in [0, 0.1) is 19.8 Å². The van der Waals surface area contributed by atoms with Gasteiger partial charge in [-0.25, -0.2) is 0 Å². The summed E-state index contributed by atoms with van der Waals surface area (Å²) in [6.07, 6.45) is 0. The molecule has 1 aromatic carbocycles. The summed E-state index contributed by atoms with van der Waals surface area (Å²) >= 11 is 0. The van der Waals surface area contributed by atoms with Crippen LogP contribution >= 0.6 is 0 Å². The third kappa shape index (κ3) is 3.62. The van der Waals surface area contributed by atoms with Crippen LogP contribution < -0.4 is 5.32 Å². The smallest absolute Gasteiger partial charge is 0.0468 e. The van der Waals surface area contributed by atoms with Gasteiger partial charge in [0.05, 0.1) is 0 Å². The van der Waals surface area contributed by atoms with Gasteiger partial charge in [-0.15, -0.1) is 0 Å². The molecule has 0 fully saturated rings. The molecule has 1 rings (SSSR count). The van der Waals surface area contributed by atoms with E-state index in [4.69, 9.17) is 5.11 Å². The van der Waals surface area contributed by atoms with Gasteiger partial charge in [-0.05, 0) is 37.8 Å². The molecule has 2 heteroatoms. The van der Waals surface area contributed by atoms with Crippen molar-refractivity contribution >= 4 is 0 Å². The van der Waals surface area contributed by atoms with Crippen molar-refractivity contribution in [2.45, 2.75) is 33.7 Å². The average molecular weight is 221 g/mol. The van der Waals surface area contributed by atoms with Crippen molar-refractivity contribution in [3.05, 3.63) is 34.9 Å². The molecule has 0 aliphatic heterocycles. The number of hydrogen-bond acceptors (Lipinski definition) is 2. The molecule has 1 aromatic rings. The Balaban J connectivity index is 2.65. The second kappa shape index (κ2) is 6.02. The van der Waals surface area contributed by atoms with Crippen molar-refractivity contribution in [3.63, 3.8) is 0 Å². The van der Waals surface area contributed by atoms with Crippen molar-refractivity contribution in [1.29, 1.82) is 0 Å². The maximum absolute atomic E-state index is 8.98. The summed E-state index contributed by atoms with van der Waals surface area (Å²) in [6, 6.07) is 6.88. The number of aryl methyl sites for hydroxylation is 2. The first-order valence-electron chi connectivity index (χ1n) is 5.96. The van der Waals surface area contributed by atoms with Crippen LogP contribution in [0.25, 0.3) is 0 Å². The molecule has 0 bridgehead atoms. The highest BCUT2D eigenvalue weighted by Gasteiger charge is 2.09. The Bertz CT molecular complexity index is 336. The van der Waals surface area contributed by atoms with Gasteiger partial charge in [0, 0.05) is 19.2 Å². The summed E-state index contributed by atoms with van der Waals surface area (Å²) in [5.41, 5.74) is 3.97. The van der Waals surface area contributed by atoms with Crippen LogP contribution in [0.4, 0.5) is 0 Å². The van der Waals surface area contributed by atoms with Crippen LogP contribution in [0.1, 0.15) is 36.6 Å². The number of hydrogen-bond donors (Lipinski definition) is 2. The van der Waals surface area contributed by atoms with Gasteiger partial charge >= 0.3 is 0 Å². The van der Waals surface area contributed by atoms with E-state index in [9.17, 15) is 0 Å². The predicted molar refractivity (Wildman–Crippen MR) is 68.6 cm³/mol. The van der Waals surface area contributed by atoms with Crippen LogP contribution in [-0.2, 0) is 0 Å². The van der Waals surface area contributed by atoms with Crippen LogP contribution in [0.2, 0.25) is 0 Å². The molecule has 0 saturated carbocycles. The van der Waals surface area contributed by atoms with Crippen molar-refractivity contribution < 1.29 is 5.11 Å². The van der Waals surface area contributed by atoms with Crippen molar-refractivity contribution in [2.24, 2.45) is 5.92 Å². The number of nitrogens with one attached hydrogen (secondary N) is 1. The normalized spacial score (nSPS) is 14.8. The highest BCUT2D eigenvalue weighted by molar-refractivity contribution is 5.32. The molecule has 0 aromatic heterocycles. The summed E-state index contributed by atoms with van der Waals surface area (Å²) in [5.74, 6) is 0.313. The van der Waals surface area contributed by atoms with Gasteiger partial charge in [0.2, 0.25) is 0 Å². The monoisotopic (exact) mass is 221 g/mol. The first-order chi connectivity index (χ1) is 7.54. The first-order valence-corrected chi connectivity index (χ1v) is 5.96. The third-order valence-electron chi connectivity index (χ3n) is 2.99. The Morgan fingerprint density at radius 3 is 2.56 bits per heavy atom. The molecule has 0 spiro atoms. The van der Waals surface area contributed by atoms with Gasteiger partial charge in [-0.1, -0.05) is 30.7 Å². The van der Waals surface area contributed by atoms with E-state index in [-0.39, 0.29) is 6.61 Å². The van der Waals surface area contributed by atoms with Crippen LogP contribution in [0.3, 0.4) is 0 Å². The predicted octanol–water partition coefficient (Wildman–Crippen LogP) is 2.58. The van der Waals surface area contributed by atoms with Gasteiger partial charge in [-0.3, -0.25) is 0 Å². The number of aliphatic hydroxyl groups excluding tert-OH is 1. The summed E-state index contributed by atoms with van der Waals surface area (Å²) in [4.78, 5) is 0. The summed E-state index contributed by atoms with van der Waals surface area (Å²) in [5, 5.41) is 12.4. The Hall–Kier alpha value is -0.860. The van der Waals surface area contributed by atoms with Crippen LogP contribution in [-0.4, -0.2) is 18.3 Å². The zero-order valence-corrected chi connectivity index (χ0v) is 10.7. The Labute approximate surface area is 98.7 Å². The van der Waals surface area contributed by atoms with Gasteiger partial charge in [0.15, 0.2) is 0 Å². The fourth-order valence-electron chi connectivity index (χ4n) is 1.78. The Morgan fingerprint density at radius 2 is 1.94 bits per heavy atom. The molecule has 2 nitrogen and oxygen atoms in total. The van der Waals surface area contributed by atoms with Gasteiger partial charge in [-0.2, -0.15) is 0 Å². The molecule has 0 saturated heterocycles. The molecule has 2 N–H and O–H groups in total. The van der Waals surface area contributed by atoms with Crippen LogP contribution in [0.15, 0.2) is 18.2 Å². The van der Waals surface area contributed by atoms with Crippen molar-refractivity contribution in [2.75, 3.05) is 13.2 Å². The van der Waals surface area contributed by atoms with E-state index >= 15 is 0 Å². The van der Waals surface area contributed by atoms with E-state index in [1.165, 1.54) is 16.7 Å². The quantitative estimate of drug-likeness (QED) is 0.801. The molecule has 2 atom stereocenters. The maximum Gasteiger partial charge on any atom is 0.0468 e. The molecule has 90 valence electrons. The molecule has 0 radical (unpaired) electrons. The highest BCUT2D eigenvalue weighted by Crippen LogP contribution is 2.18. The summed E-state index contributed by atoms with van der Waals surface area (Å²) in [7, 11) is 0. The summed E-state index contributed by atoms with van der Waals surface area (Å²) in [6.45, 7) is 9.57. The minimum absolute atomic E-state index is 0.243. The van der Waals surface area contributed by atoms with E-state index < -0.39 is 0 Å². The third-order valence-corrected chi connectivity index (χ3v) is 2.99. The molecule has 16 heavy (non-hydrogen) atoms. The minimum atomic E-state index is 0.243. The molecule has 0 aliphatic rings. The number of rotatable bonds is 5. The second-order valence-electron chi connectivity index (χ2n) is 4.78. The number of aliphatic hydroxyl groups is 1. The van der Waals surface area contributed by atoms with Crippen LogP contribution in [0.5, 0.6) is 0 Å². The van der Waals surface area contributed by atoms with Crippen molar-refractivity contribution in [1.82, 2.24) is 5.32 Å². The zero-order valence-electron chi connectivity index (χ0n) is 10.7. The average Bonchev–Trinajstić information content (AvgIpc) is 2.28. The Kier molecular flexibility index (Phi) is 4.97. The number of benzene rings is 1.